The van der Waals surface area contributed by atoms with Crippen LogP contribution < -0.4 is 0 Å². The van der Waals surface area contributed by atoms with Crippen LogP contribution in [-0.2, 0) is 12.8 Å². The molecule has 17 heavy (non-hydrogen) atoms. The average molecular weight is 256 g/mol. The molecule has 0 saturated heterocycles. The first-order valence-corrected chi connectivity index (χ1v) is 6.10. The Morgan fingerprint density at radius 1 is 1.29 bits per heavy atom. The van der Waals surface area contributed by atoms with Gasteiger partial charge in [0.2, 0.25) is 0 Å². The molecule has 2 nitrogen and oxygen atoms in total. The van der Waals surface area contributed by atoms with Gasteiger partial charge in [0.05, 0.1) is 0 Å². The Balaban J connectivity index is 0.00000144. The molecule has 2 rings (SSSR count). The lowest BCUT2D eigenvalue weighted by molar-refractivity contribution is 0.330. The molecule has 1 aliphatic rings. The zero-order chi connectivity index (χ0) is 11.5. The average Bonchev–Trinajstić information content (AvgIpc) is 2.26. The third kappa shape index (κ3) is 3.90. The second-order valence-electron chi connectivity index (χ2n) is 5.15. The highest BCUT2D eigenvalue weighted by atomic mass is 35.5. The topological polar surface area (TPSA) is 23.5 Å². The third-order valence-electron chi connectivity index (χ3n) is 3.50. The van der Waals surface area contributed by atoms with E-state index in [-0.39, 0.29) is 12.4 Å². The van der Waals surface area contributed by atoms with Crippen molar-refractivity contribution in [1.82, 2.24) is 4.90 Å². The van der Waals surface area contributed by atoms with Gasteiger partial charge in [-0.2, -0.15) is 0 Å². The normalized spacial score (nSPS) is 18.6. The van der Waals surface area contributed by atoms with E-state index in [1.807, 2.05) is 12.1 Å². The molecule has 0 spiro atoms. The molecule has 1 unspecified atom stereocenters. The van der Waals surface area contributed by atoms with Crippen LogP contribution in [0.25, 0.3) is 0 Å². The monoisotopic (exact) mass is 255 g/mol. The number of benzene rings is 1. The van der Waals surface area contributed by atoms with Crippen molar-refractivity contribution in [2.75, 3.05) is 20.6 Å². The van der Waals surface area contributed by atoms with Crippen LogP contribution in [0.15, 0.2) is 18.2 Å². The van der Waals surface area contributed by atoms with Crippen molar-refractivity contribution in [3.05, 3.63) is 29.3 Å². The van der Waals surface area contributed by atoms with Gasteiger partial charge in [0.1, 0.15) is 5.75 Å². The zero-order valence-corrected chi connectivity index (χ0v) is 11.5. The number of hydrogen-bond donors (Lipinski definition) is 1. The van der Waals surface area contributed by atoms with E-state index >= 15 is 0 Å². The SMILES string of the molecule is CN(C)CCC1CCc2cc(O)ccc2C1.Cl. The number of aryl methyl sites for hydroxylation is 1. The Labute approximate surface area is 110 Å². The molecule has 96 valence electrons. The molecule has 1 aliphatic carbocycles. The molecule has 1 aromatic carbocycles. The van der Waals surface area contributed by atoms with Gasteiger partial charge in [0.25, 0.3) is 0 Å². The molecule has 0 aliphatic heterocycles. The third-order valence-corrected chi connectivity index (χ3v) is 3.50. The van der Waals surface area contributed by atoms with Crippen molar-refractivity contribution in [3.8, 4) is 5.75 Å². The molecule has 0 heterocycles. The van der Waals surface area contributed by atoms with Gasteiger partial charge in [-0.1, -0.05) is 6.07 Å². The summed E-state index contributed by atoms with van der Waals surface area (Å²) in [6, 6.07) is 5.83. The predicted octanol–water partition coefficient (Wildman–Crippen LogP) is 2.87. The lowest BCUT2D eigenvalue weighted by atomic mass is 9.82. The van der Waals surface area contributed by atoms with Gasteiger partial charge in [-0.3, -0.25) is 0 Å². The molecular weight excluding hydrogens is 234 g/mol. The summed E-state index contributed by atoms with van der Waals surface area (Å²) in [5.41, 5.74) is 2.79. The summed E-state index contributed by atoms with van der Waals surface area (Å²) in [6.07, 6.45) is 4.86. The molecule has 0 saturated carbocycles. The van der Waals surface area contributed by atoms with Crippen molar-refractivity contribution >= 4 is 12.4 Å². The van der Waals surface area contributed by atoms with Gasteiger partial charge in [-0.25, -0.2) is 0 Å². The molecule has 1 N–H and O–H groups in total. The summed E-state index contributed by atoms with van der Waals surface area (Å²) in [7, 11) is 4.27. The maximum Gasteiger partial charge on any atom is 0.115 e. The first kappa shape index (κ1) is 14.3. The van der Waals surface area contributed by atoms with Crippen LogP contribution >= 0.6 is 12.4 Å². The minimum Gasteiger partial charge on any atom is -0.508 e. The van der Waals surface area contributed by atoms with Gasteiger partial charge in [-0.05, 0) is 75.5 Å². The number of halogens is 1. The Morgan fingerprint density at radius 3 is 2.76 bits per heavy atom. The van der Waals surface area contributed by atoms with Crippen LogP contribution in [0.4, 0.5) is 0 Å². The van der Waals surface area contributed by atoms with Crippen LogP contribution in [0.2, 0.25) is 0 Å². The number of nitrogens with zero attached hydrogens (tertiary/aromatic N) is 1. The summed E-state index contributed by atoms with van der Waals surface area (Å²) in [6.45, 7) is 1.18. The second-order valence-corrected chi connectivity index (χ2v) is 5.15. The van der Waals surface area contributed by atoms with Crippen LogP contribution in [0.5, 0.6) is 5.75 Å². The predicted molar refractivity (Wildman–Crippen MR) is 74.0 cm³/mol. The minimum absolute atomic E-state index is 0. The van der Waals surface area contributed by atoms with Crippen LogP contribution in [0, 0.1) is 5.92 Å². The molecule has 0 radical (unpaired) electrons. The fourth-order valence-corrected chi connectivity index (χ4v) is 2.50. The highest BCUT2D eigenvalue weighted by Crippen LogP contribution is 2.29. The van der Waals surface area contributed by atoms with E-state index < -0.39 is 0 Å². The zero-order valence-electron chi connectivity index (χ0n) is 10.6. The molecular formula is C14H22ClNO. The van der Waals surface area contributed by atoms with Crippen LogP contribution in [0.1, 0.15) is 24.0 Å². The quantitative estimate of drug-likeness (QED) is 0.898. The van der Waals surface area contributed by atoms with E-state index in [0.717, 1.165) is 12.3 Å². The molecule has 1 aromatic rings. The lowest BCUT2D eigenvalue weighted by Gasteiger charge is -2.25. The van der Waals surface area contributed by atoms with Crippen molar-refractivity contribution in [2.45, 2.75) is 25.7 Å². The maximum atomic E-state index is 9.42. The van der Waals surface area contributed by atoms with E-state index in [1.165, 1.54) is 36.9 Å². The van der Waals surface area contributed by atoms with Crippen molar-refractivity contribution < 1.29 is 5.11 Å². The molecule has 0 aromatic heterocycles. The Morgan fingerprint density at radius 2 is 2.06 bits per heavy atom. The van der Waals surface area contributed by atoms with E-state index in [0.29, 0.717) is 5.75 Å². The van der Waals surface area contributed by atoms with Crippen molar-refractivity contribution in [3.63, 3.8) is 0 Å². The van der Waals surface area contributed by atoms with Crippen LogP contribution in [-0.4, -0.2) is 30.6 Å². The first-order chi connectivity index (χ1) is 7.65. The van der Waals surface area contributed by atoms with Crippen LogP contribution in [0.3, 0.4) is 0 Å². The summed E-state index contributed by atoms with van der Waals surface area (Å²) in [5.74, 6) is 1.23. The highest BCUT2D eigenvalue weighted by Gasteiger charge is 2.18. The lowest BCUT2D eigenvalue weighted by Crippen LogP contribution is -2.21. The summed E-state index contributed by atoms with van der Waals surface area (Å²) in [4.78, 5) is 2.26. The van der Waals surface area contributed by atoms with E-state index in [9.17, 15) is 5.11 Å². The molecule has 3 heteroatoms. The molecule has 0 bridgehead atoms. The largest absolute Gasteiger partial charge is 0.508 e. The van der Waals surface area contributed by atoms with Gasteiger partial charge in [0.15, 0.2) is 0 Å². The fourth-order valence-electron chi connectivity index (χ4n) is 2.50. The van der Waals surface area contributed by atoms with Gasteiger partial charge < -0.3 is 10.0 Å². The standard InChI is InChI=1S/C14H21NO.ClH/c1-15(2)8-7-11-3-4-13-10-14(16)6-5-12(13)9-11;/h5-6,10-11,16H,3-4,7-9H2,1-2H3;1H. The number of rotatable bonds is 3. The van der Waals surface area contributed by atoms with E-state index in [2.05, 4.69) is 25.1 Å². The minimum atomic E-state index is 0. The summed E-state index contributed by atoms with van der Waals surface area (Å²) >= 11 is 0. The Bertz CT molecular complexity index is 365. The number of hydrogen-bond acceptors (Lipinski definition) is 2. The highest BCUT2D eigenvalue weighted by molar-refractivity contribution is 5.85. The van der Waals surface area contributed by atoms with E-state index in [4.69, 9.17) is 0 Å². The molecule has 0 amide bonds. The number of phenols is 1. The number of phenolic OH excluding ortho intramolecular Hbond substituents is 1. The number of aromatic hydroxyl groups is 1. The fraction of sp³-hybridized carbons (Fsp3) is 0.571. The van der Waals surface area contributed by atoms with Gasteiger partial charge in [0, 0.05) is 0 Å². The summed E-state index contributed by atoms with van der Waals surface area (Å²) in [5, 5.41) is 9.42. The molecule has 0 fully saturated rings. The van der Waals surface area contributed by atoms with Crippen molar-refractivity contribution in [1.29, 1.82) is 0 Å². The van der Waals surface area contributed by atoms with Gasteiger partial charge >= 0.3 is 0 Å². The first-order valence-electron chi connectivity index (χ1n) is 6.10. The number of fused-ring (bicyclic) bond motifs is 1. The Kier molecular flexibility index (Phi) is 5.29. The van der Waals surface area contributed by atoms with Gasteiger partial charge in [-0.15, -0.1) is 12.4 Å². The van der Waals surface area contributed by atoms with Crippen molar-refractivity contribution in [2.24, 2.45) is 5.92 Å². The molecule has 1 atom stereocenters. The second kappa shape index (κ2) is 6.27. The van der Waals surface area contributed by atoms with E-state index in [1.54, 1.807) is 0 Å². The summed E-state index contributed by atoms with van der Waals surface area (Å²) < 4.78 is 0. The smallest absolute Gasteiger partial charge is 0.115 e. The Hall–Kier alpha value is -0.730. The maximum absolute atomic E-state index is 9.42.